The predicted octanol–water partition coefficient (Wildman–Crippen LogP) is 1.89. The lowest BCUT2D eigenvalue weighted by molar-refractivity contribution is -0.139. The number of aliphatic carboxylic acids is 1. The molecule has 1 unspecified atom stereocenters. The van der Waals surface area contributed by atoms with Crippen LogP contribution in [0.4, 0.5) is 0 Å². The first kappa shape index (κ1) is 21.9. The Balaban J connectivity index is 4.38. The van der Waals surface area contributed by atoms with E-state index in [1.54, 1.807) is 6.92 Å². The van der Waals surface area contributed by atoms with Crippen molar-refractivity contribution in [1.82, 2.24) is 16.0 Å². The molecule has 0 radical (unpaired) electrons. The van der Waals surface area contributed by atoms with E-state index in [-0.39, 0.29) is 23.0 Å². The molecule has 2 atom stereocenters. The van der Waals surface area contributed by atoms with Crippen LogP contribution in [-0.4, -0.2) is 46.7 Å². The number of carboxylic acids is 1. The van der Waals surface area contributed by atoms with Gasteiger partial charge in [0.1, 0.15) is 6.04 Å². The smallest absolute Gasteiger partial charge is 0.320 e. The molecule has 23 heavy (non-hydrogen) atoms. The molecule has 0 bridgehead atoms. The van der Waals surface area contributed by atoms with Gasteiger partial charge in [-0.1, -0.05) is 6.42 Å². The molecular weight excluding hydrogens is 294 g/mol. The summed E-state index contributed by atoms with van der Waals surface area (Å²) >= 11 is 0. The molecule has 6 nitrogen and oxygen atoms in total. The third-order valence-electron chi connectivity index (χ3n) is 3.16. The second kappa shape index (κ2) is 9.23. The summed E-state index contributed by atoms with van der Waals surface area (Å²) in [7, 11) is 0. The molecule has 0 aromatic heterocycles. The summed E-state index contributed by atoms with van der Waals surface area (Å²) < 4.78 is 0. The van der Waals surface area contributed by atoms with Gasteiger partial charge in [-0.05, 0) is 67.9 Å². The van der Waals surface area contributed by atoms with Crippen LogP contribution in [0.3, 0.4) is 0 Å². The number of carbonyl (C=O) groups is 2. The lowest BCUT2D eigenvalue weighted by Gasteiger charge is -2.31. The zero-order chi connectivity index (χ0) is 18.3. The van der Waals surface area contributed by atoms with Crippen molar-refractivity contribution in [2.45, 2.75) is 90.9 Å². The molecule has 0 spiro atoms. The van der Waals surface area contributed by atoms with Gasteiger partial charge in [0, 0.05) is 11.1 Å². The third kappa shape index (κ3) is 12.0. The molecule has 136 valence electrons. The number of nitrogens with one attached hydrogen (secondary N) is 3. The van der Waals surface area contributed by atoms with Crippen molar-refractivity contribution in [2.24, 2.45) is 0 Å². The van der Waals surface area contributed by atoms with Gasteiger partial charge < -0.3 is 21.1 Å². The van der Waals surface area contributed by atoms with Crippen LogP contribution in [-0.2, 0) is 9.59 Å². The van der Waals surface area contributed by atoms with Gasteiger partial charge in [0.2, 0.25) is 5.91 Å². The van der Waals surface area contributed by atoms with Gasteiger partial charge in [0.25, 0.3) is 0 Å². The minimum Gasteiger partial charge on any atom is -0.480 e. The minimum atomic E-state index is -0.846. The van der Waals surface area contributed by atoms with E-state index in [0.29, 0.717) is 6.54 Å². The molecular formula is C17H35N3O3. The monoisotopic (exact) mass is 329 g/mol. The van der Waals surface area contributed by atoms with Gasteiger partial charge in [-0.3, -0.25) is 9.59 Å². The quantitative estimate of drug-likeness (QED) is 0.485. The van der Waals surface area contributed by atoms with E-state index in [4.69, 9.17) is 5.11 Å². The zero-order valence-corrected chi connectivity index (χ0v) is 15.7. The molecule has 1 amide bonds. The molecule has 0 aliphatic carbocycles. The van der Waals surface area contributed by atoms with Gasteiger partial charge in [-0.25, -0.2) is 0 Å². The average molecular weight is 329 g/mol. The molecule has 0 aliphatic rings. The van der Waals surface area contributed by atoms with Gasteiger partial charge in [-0.15, -0.1) is 0 Å². The zero-order valence-electron chi connectivity index (χ0n) is 15.7. The molecule has 0 saturated carbocycles. The molecule has 0 fully saturated rings. The van der Waals surface area contributed by atoms with Crippen LogP contribution in [0.15, 0.2) is 0 Å². The fraction of sp³-hybridized carbons (Fsp3) is 0.882. The van der Waals surface area contributed by atoms with Crippen LogP contribution in [0.1, 0.15) is 67.7 Å². The summed E-state index contributed by atoms with van der Waals surface area (Å²) in [6.45, 7) is 14.3. The Kier molecular flexibility index (Phi) is 8.77. The highest BCUT2D eigenvalue weighted by Gasteiger charge is 2.26. The Labute approximate surface area is 140 Å². The van der Waals surface area contributed by atoms with E-state index >= 15 is 0 Å². The Bertz CT molecular complexity index is 384. The molecule has 0 saturated heterocycles. The average Bonchev–Trinajstić information content (AvgIpc) is 2.32. The summed E-state index contributed by atoms with van der Waals surface area (Å²) in [6.07, 6.45) is 2.41. The van der Waals surface area contributed by atoms with Crippen molar-refractivity contribution in [2.75, 3.05) is 6.54 Å². The topological polar surface area (TPSA) is 90.5 Å². The van der Waals surface area contributed by atoms with Crippen LogP contribution >= 0.6 is 0 Å². The fourth-order valence-corrected chi connectivity index (χ4v) is 2.13. The highest BCUT2D eigenvalue weighted by Crippen LogP contribution is 2.10. The van der Waals surface area contributed by atoms with Gasteiger partial charge in [0.05, 0.1) is 6.04 Å². The first-order chi connectivity index (χ1) is 10.3. The van der Waals surface area contributed by atoms with Crippen molar-refractivity contribution in [3.8, 4) is 0 Å². The first-order valence-electron chi connectivity index (χ1n) is 8.38. The Morgan fingerprint density at radius 2 is 1.57 bits per heavy atom. The predicted molar refractivity (Wildman–Crippen MR) is 93.5 cm³/mol. The molecule has 0 aromatic rings. The van der Waals surface area contributed by atoms with Gasteiger partial charge in [0.15, 0.2) is 0 Å². The minimum absolute atomic E-state index is 0.0132. The summed E-state index contributed by atoms with van der Waals surface area (Å²) in [4.78, 5) is 23.2. The van der Waals surface area contributed by atoms with Crippen molar-refractivity contribution in [3.63, 3.8) is 0 Å². The molecule has 0 aliphatic heterocycles. The first-order valence-corrected chi connectivity index (χ1v) is 8.38. The summed E-state index contributed by atoms with van der Waals surface area (Å²) in [5.74, 6) is -0.832. The van der Waals surface area contributed by atoms with Gasteiger partial charge >= 0.3 is 5.97 Å². The van der Waals surface area contributed by atoms with Crippen LogP contribution in [0.5, 0.6) is 0 Å². The van der Waals surface area contributed by atoms with E-state index in [9.17, 15) is 9.59 Å². The van der Waals surface area contributed by atoms with E-state index in [1.165, 1.54) is 0 Å². The van der Waals surface area contributed by atoms with Crippen LogP contribution in [0, 0.1) is 0 Å². The highest BCUT2D eigenvalue weighted by atomic mass is 16.4. The van der Waals surface area contributed by atoms with E-state index in [2.05, 4.69) is 16.0 Å². The molecule has 4 N–H and O–H groups in total. The van der Waals surface area contributed by atoms with Crippen molar-refractivity contribution < 1.29 is 14.7 Å². The van der Waals surface area contributed by atoms with Crippen LogP contribution in [0.2, 0.25) is 0 Å². The Morgan fingerprint density at radius 1 is 1.00 bits per heavy atom. The van der Waals surface area contributed by atoms with Crippen molar-refractivity contribution in [1.29, 1.82) is 0 Å². The van der Waals surface area contributed by atoms with E-state index < -0.39 is 12.0 Å². The number of carbonyl (C=O) groups excluding carboxylic acids is 1. The highest BCUT2D eigenvalue weighted by molar-refractivity contribution is 5.82. The van der Waals surface area contributed by atoms with Crippen LogP contribution < -0.4 is 16.0 Å². The van der Waals surface area contributed by atoms with Crippen molar-refractivity contribution in [3.05, 3.63) is 0 Å². The molecule has 0 aromatic carbocycles. The maximum atomic E-state index is 12.4. The van der Waals surface area contributed by atoms with Gasteiger partial charge in [-0.2, -0.15) is 0 Å². The SMILES string of the molecule is CC(NCCCC[C@H](NC(C)(C)C)C(=O)NC(C)(C)C)C(=O)O. The number of carboxylic acid groups (broad SMARTS) is 1. The normalized spacial score (nSPS) is 15.1. The van der Waals surface area contributed by atoms with E-state index in [0.717, 1.165) is 19.3 Å². The van der Waals surface area contributed by atoms with Crippen molar-refractivity contribution >= 4 is 11.9 Å². The number of hydrogen-bond donors (Lipinski definition) is 4. The lowest BCUT2D eigenvalue weighted by Crippen LogP contribution is -2.55. The standard InChI is InChI=1S/C17H35N3O3/c1-12(15(22)23)18-11-9-8-10-13(19-16(2,3)4)14(21)20-17(5,6)7/h12-13,18-19H,8-11H2,1-7H3,(H,20,21)(H,22,23)/t12?,13-/m0/s1. The Hall–Kier alpha value is -1.14. The second-order valence-corrected chi connectivity index (χ2v) is 8.20. The number of hydrogen-bond acceptors (Lipinski definition) is 4. The Morgan fingerprint density at radius 3 is 2.00 bits per heavy atom. The van der Waals surface area contributed by atoms with E-state index in [1.807, 2.05) is 41.5 Å². The molecule has 0 rings (SSSR count). The lowest BCUT2D eigenvalue weighted by atomic mass is 10.0. The largest absolute Gasteiger partial charge is 0.480 e. The maximum absolute atomic E-state index is 12.4. The summed E-state index contributed by atoms with van der Waals surface area (Å²) in [5, 5.41) is 18.2. The summed E-state index contributed by atoms with van der Waals surface area (Å²) in [6, 6.07) is -0.784. The maximum Gasteiger partial charge on any atom is 0.320 e. The number of unbranched alkanes of at least 4 members (excludes halogenated alkanes) is 1. The third-order valence-corrected chi connectivity index (χ3v) is 3.16. The molecule has 6 heteroatoms. The second-order valence-electron chi connectivity index (χ2n) is 8.20. The fourth-order valence-electron chi connectivity index (χ4n) is 2.13. The number of amides is 1. The van der Waals surface area contributed by atoms with Crippen LogP contribution in [0.25, 0.3) is 0 Å². The molecule has 0 heterocycles. The number of rotatable bonds is 9. The summed E-state index contributed by atoms with van der Waals surface area (Å²) in [5.41, 5.74) is -0.399.